The standard InChI is InChI=1S/C9H15ClN4O2/c1-6(3-4-15)5-11-8-12-7(10)13-9(14-8)16-2/h6,15H,3-5H2,1-2H3,(H,11,12,13,14). The van der Waals surface area contributed by atoms with Crippen LogP contribution in [0.25, 0.3) is 0 Å². The lowest BCUT2D eigenvalue weighted by Gasteiger charge is -2.11. The molecule has 0 aromatic carbocycles. The molecule has 1 unspecified atom stereocenters. The van der Waals surface area contributed by atoms with Gasteiger partial charge >= 0.3 is 6.01 Å². The van der Waals surface area contributed by atoms with Crippen molar-refractivity contribution in [3.63, 3.8) is 0 Å². The summed E-state index contributed by atoms with van der Waals surface area (Å²) in [5.41, 5.74) is 0. The van der Waals surface area contributed by atoms with E-state index in [9.17, 15) is 0 Å². The largest absolute Gasteiger partial charge is 0.467 e. The molecule has 0 bridgehead atoms. The minimum absolute atomic E-state index is 0.0872. The second kappa shape index (κ2) is 6.44. The van der Waals surface area contributed by atoms with Crippen molar-refractivity contribution < 1.29 is 9.84 Å². The average molecular weight is 247 g/mol. The van der Waals surface area contributed by atoms with E-state index in [4.69, 9.17) is 21.4 Å². The molecule has 0 saturated carbocycles. The maximum absolute atomic E-state index is 8.75. The van der Waals surface area contributed by atoms with Crippen LogP contribution in [0, 0.1) is 5.92 Å². The lowest BCUT2D eigenvalue weighted by molar-refractivity contribution is 0.265. The molecule has 0 radical (unpaired) electrons. The number of aromatic nitrogens is 3. The van der Waals surface area contributed by atoms with E-state index in [0.717, 1.165) is 6.42 Å². The molecule has 1 aromatic rings. The summed E-state index contributed by atoms with van der Waals surface area (Å²) in [5, 5.41) is 11.8. The van der Waals surface area contributed by atoms with Gasteiger partial charge in [-0.1, -0.05) is 6.92 Å². The zero-order chi connectivity index (χ0) is 12.0. The lowest BCUT2D eigenvalue weighted by atomic mass is 10.1. The van der Waals surface area contributed by atoms with Gasteiger partial charge in [0.1, 0.15) is 0 Å². The van der Waals surface area contributed by atoms with Crippen molar-refractivity contribution in [1.82, 2.24) is 15.0 Å². The van der Waals surface area contributed by atoms with Crippen LogP contribution in [0.1, 0.15) is 13.3 Å². The Hall–Kier alpha value is -1.14. The molecule has 1 rings (SSSR count). The van der Waals surface area contributed by atoms with Gasteiger partial charge in [-0.2, -0.15) is 15.0 Å². The number of nitrogens with one attached hydrogen (secondary N) is 1. The fraction of sp³-hybridized carbons (Fsp3) is 0.667. The molecule has 0 aliphatic carbocycles. The van der Waals surface area contributed by atoms with Crippen LogP contribution in [0.2, 0.25) is 5.28 Å². The number of anilines is 1. The van der Waals surface area contributed by atoms with Crippen molar-refractivity contribution in [1.29, 1.82) is 0 Å². The highest BCUT2D eigenvalue weighted by Crippen LogP contribution is 2.11. The smallest absolute Gasteiger partial charge is 0.322 e. The fourth-order valence-electron chi connectivity index (χ4n) is 1.09. The zero-order valence-electron chi connectivity index (χ0n) is 9.27. The molecule has 0 aliphatic rings. The van der Waals surface area contributed by atoms with E-state index in [1.165, 1.54) is 7.11 Å². The molecule has 6 nitrogen and oxygen atoms in total. The summed E-state index contributed by atoms with van der Waals surface area (Å²) in [4.78, 5) is 11.6. The van der Waals surface area contributed by atoms with E-state index in [0.29, 0.717) is 18.4 Å². The molecule has 0 fully saturated rings. The third kappa shape index (κ3) is 4.16. The normalized spacial score (nSPS) is 12.2. The van der Waals surface area contributed by atoms with Gasteiger partial charge in [-0.15, -0.1) is 0 Å². The van der Waals surface area contributed by atoms with Crippen molar-refractivity contribution in [2.24, 2.45) is 5.92 Å². The van der Waals surface area contributed by atoms with Gasteiger partial charge in [-0.25, -0.2) is 0 Å². The highest BCUT2D eigenvalue weighted by Gasteiger charge is 2.06. The molecule has 0 saturated heterocycles. The fourth-order valence-corrected chi connectivity index (χ4v) is 1.24. The molecular weight excluding hydrogens is 232 g/mol. The van der Waals surface area contributed by atoms with E-state index in [2.05, 4.69) is 20.3 Å². The Morgan fingerprint density at radius 2 is 2.19 bits per heavy atom. The molecule has 0 amide bonds. The summed E-state index contributed by atoms with van der Waals surface area (Å²) >= 11 is 5.68. The summed E-state index contributed by atoms with van der Waals surface area (Å²) in [6.45, 7) is 2.84. The summed E-state index contributed by atoms with van der Waals surface area (Å²) < 4.78 is 4.86. The SMILES string of the molecule is COc1nc(Cl)nc(NCC(C)CCO)n1. The van der Waals surface area contributed by atoms with Gasteiger partial charge in [0, 0.05) is 13.2 Å². The van der Waals surface area contributed by atoms with Gasteiger partial charge in [0.25, 0.3) is 0 Å². The molecule has 1 aromatic heterocycles. The predicted molar refractivity (Wildman–Crippen MR) is 60.7 cm³/mol. The number of aliphatic hydroxyl groups excluding tert-OH is 1. The van der Waals surface area contributed by atoms with Crippen LogP contribution >= 0.6 is 11.6 Å². The van der Waals surface area contributed by atoms with E-state index in [-0.39, 0.29) is 17.9 Å². The summed E-state index contributed by atoms with van der Waals surface area (Å²) in [6, 6.07) is 0.178. The zero-order valence-corrected chi connectivity index (χ0v) is 10.0. The first kappa shape index (κ1) is 12.9. The Bertz CT molecular complexity index is 337. The highest BCUT2D eigenvalue weighted by atomic mass is 35.5. The van der Waals surface area contributed by atoms with Crippen LogP contribution in [0.4, 0.5) is 5.95 Å². The minimum atomic E-state index is 0.0872. The third-order valence-corrected chi connectivity index (χ3v) is 2.17. The van der Waals surface area contributed by atoms with Crippen LogP contribution in [0.5, 0.6) is 6.01 Å². The number of nitrogens with zero attached hydrogens (tertiary/aromatic N) is 3. The van der Waals surface area contributed by atoms with Crippen LogP contribution < -0.4 is 10.1 Å². The van der Waals surface area contributed by atoms with Crippen molar-refractivity contribution in [3.8, 4) is 6.01 Å². The van der Waals surface area contributed by atoms with E-state index in [1.807, 2.05) is 6.92 Å². The second-order valence-corrected chi connectivity index (χ2v) is 3.75. The topological polar surface area (TPSA) is 80.2 Å². The monoisotopic (exact) mass is 246 g/mol. The maximum atomic E-state index is 8.75. The lowest BCUT2D eigenvalue weighted by Crippen LogP contribution is -2.15. The Kier molecular flexibility index (Phi) is 5.21. The minimum Gasteiger partial charge on any atom is -0.467 e. The number of halogens is 1. The number of ether oxygens (including phenoxy) is 1. The molecule has 1 atom stereocenters. The quantitative estimate of drug-likeness (QED) is 0.778. The van der Waals surface area contributed by atoms with Crippen molar-refractivity contribution in [3.05, 3.63) is 5.28 Å². The van der Waals surface area contributed by atoms with Gasteiger partial charge in [0.2, 0.25) is 11.2 Å². The van der Waals surface area contributed by atoms with E-state index >= 15 is 0 Å². The highest BCUT2D eigenvalue weighted by molar-refractivity contribution is 6.28. The molecular formula is C9H15ClN4O2. The second-order valence-electron chi connectivity index (χ2n) is 3.41. The molecule has 0 spiro atoms. The van der Waals surface area contributed by atoms with Gasteiger partial charge in [0.05, 0.1) is 7.11 Å². The number of aliphatic hydroxyl groups is 1. The third-order valence-electron chi connectivity index (χ3n) is 2.00. The van der Waals surface area contributed by atoms with Crippen LogP contribution in [0.15, 0.2) is 0 Å². The summed E-state index contributed by atoms with van der Waals surface area (Å²) in [6.07, 6.45) is 0.725. The van der Waals surface area contributed by atoms with Crippen LogP contribution in [0.3, 0.4) is 0 Å². The predicted octanol–water partition coefficient (Wildman–Crippen LogP) is 0.964. The van der Waals surface area contributed by atoms with E-state index < -0.39 is 0 Å². The number of hydrogen-bond acceptors (Lipinski definition) is 6. The molecule has 0 aliphatic heterocycles. The Morgan fingerprint density at radius 1 is 1.44 bits per heavy atom. The van der Waals surface area contributed by atoms with E-state index in [1.54, 1.807) is 0 Å². The van der Waals surface area contributed by atoms with Gasteiger partial charge < -0.3 is 15.2 Å². The Morgan fingerprint density at radius 3 is 2.81 bits per heavy atom. The number of methoxy groups -OCH3 is 1. The van der Waals surface area contributed by atoms with Gasteiger partial charge in [-0.3, -0.25) is 0 Å². The Balaban J connectivity index is 2.56. The molecule has 16 heavy (non-hydrogen) atoms. The first-order valence-corrected chi connectivity index (χ1v) is 5.33. The van der Waals surface area contributed by atoms with Gasteiger partial charge in [-0.05, 0) is 23.9 Å². The summed E-state index contributed by atoms with van der Waals surface area (Å²) in [5.74, 6) is 0.702. The Labute approximate surface area is 99.0 Å². The van der Waals surface area contributed by atoms with Crippen molar-refractivity contribution in [2.75, 3.05) is 25.6 Å². The van der Waals surface area contributed by atoms with Crippen LogP contribution in [-0.2, 0) is 0 Å². The average Bonchev–Trinajstić information content (AvgIpc) is 2.26. The molecule has 2 N–H and O–H groups in total. The van der Waals surface area contributed by atoms with Crippen molar-refractivity contribution in [2.45, 2.75) is 13.3 Å². The number of rotatable bonds is 6. The maximum Gasteiger partial charge on any atom is 0.322 e. The first-order chi connectivity index (χ1) is 7.65. The summed E-state index contributed by atoms with van der Waals surface area (Å²) in [7, 11) is 1.46. The first-order valence-electron chi connectivity index (χ1n) is 4.96. The van der Waals surface area contributed by atoms with Gasteiger partial charge in [0.15, 0.2) is 0 Å². The molecule has 90 valence electrons. The molecule has 7 heteroatoms. The van der Waals surface area contributed by atoms with Crippen LogP contribution in [-0.4, -0.2) is 40.3 Å². The number of hydrogen-bond donors (Lipinski definition) is 2. The van der Waals surface area contributed by atoms with Crippen molar-refractivity contribution >= 4 is 17.5 Å². The molecule has 1 heterocycles.